The summed E-state index contributed by atoms with van der Waals surface area (Å²) in [4.78, 5) is 14.7. The highest BCUT2D eigenvalue weighted by molar-refractivity contribution is 6.30. The highest BCUT2D eigenvalue weighted by atomic mass is 35.5. The summed E-state index contributed by atoms with van der Waals surface area (Å²) in [6, 6.07) is 13.1. The van der Waals surface area contributed by atoms with Crippen LogP contribution in [-0.2, 0) is 0 Å². The maximum absolute atomic E-state index is 11.0. The van der Waals surface area contributed by atoms with Crippen LogP contribution < -0.4 is 0 Å². The third kappa shape index (κ3) is 2.61. The molecule has 3 rings (SSSR count). The van der Waals surface area contributed by atoms with E-state index >= 15 is 0 Å². The molecule has 0 radical (unpaired) electrons. The molecule has 0 saturated heterocycles. The fourth-order valence-electron chi connectivity index (χ4n) is 1.86. The largest absolute Gasteiger partial charge is 0.333 e. The summed E-state index contributed by atoms with van der Waals surface area (Å²) in [6.07, 6.45) is 0. The van der Waals surface area contributed by atoms with Gasteiger partial charge in [-0.1, -0.05) is 28.9 Å². The molecule has 0 unspecified atom stereocenters. The van der Waals surface area contributed by atoms with E-state index < -0.39 is 4.92 Å². The van der Waals surface area contributed by atoms with E-state index in [1.807, 2.05) is 0 Å². The summed E-state index contributed by atoms with van der Waals surface area (Å²) in [5, 5.41) is 15.4. The van der Waals surface area contributed by atoms with Gasteiger partial charge in [0.15, 0.2) is 0 Å². The van der Waals surface area contributed by atoms with Gasteiger partial charge in [-0.25, -0.2) is 0 Å². The molecule has 1 aromatic heterocycles. The van der Waals surface area contributed by atoms with Crippen molar-refractivity contribution in [2.75, 3.05) is 0 Å². The molecule has 0 amide bonds. The van der Waals surface area contributed by atoms with Gasteiger partial charge in [-0.2, -0.15) is 4.98 Å². The number of hydrogen-bond donors (Lipinski definition) is 0. The van der Waals surface area contributed by atoms with Gasteiger partial charge >= 0.3 is 0 Å². The topological polar surface area (TPSA) is 82.1 Å². The van der Waals surface area contributed by atoms with Gasteiger partial charge in [0, 0.05) is 16.7 Å². The summed E-state index contributed by atoms with van der Waals surface area (Å²) in [6.45, 7) is 0. The molecular weight excluding hydrogens is 294 g/mol. The normalized spacial score (nSPS) is 10.5. The predicted molar refractivity (Wildman–Crippen MR) is 76.8 cm³/mol. The zero-order chi connectivity index (χ0) is 14.8. The lowest BCUT2D eigenvalue weighted by atomic mass is 10.2. The molecule has 0 aliphatic carbocycles. The Morgan fingerprint density at radius 2 is 1.81 bits per heavy atom. The lowest BCUT2D eigenvalue weighted by Crippen LogP contribution is -1.91. The first-order chi connectivity index (χ1) is 10.1. The highest BCUT2D eigenvalue weighted by Crippen LogP contribution is 2.29. The molecule has 3 aromatic rings. The molecule has 0 atom stereocenters. The van der Waals surface area contributed by atoms with Gasteiger partial charge in [-0.05, 0) is 30.3 Å². The van der Waals surface area contributed by atoms with Crippen LogP contribution in [0.3, 0.4) is 0 Å². The van der Waals surface area contributed by atoms with E-state index in [1.165, 1.54) is 6.07 Å². The SMILES string of the molecule is O=[N+]([O-])c1ccccc1-c1nc(-c2ccc(Cl)cc2)no1. The second-order valence-corrected chi connectivity index (χ2v) is 4.64. The fraction of sp³-hybridized carbons (Fsp3) is 0. The van der Waals surface area contributed by atoms with Gasteiger partial charge in [0.05, 0.1) is 4.92 Å². The quantitative estimate of drug-likeness (QED) is 0.540. The summed E-state index contributed by atoms with van der Waals surface area (Å²) in [5.41, 5.74) is 0.923. The van der Waals surface area contributed by atoms with Crippen molar-refractivity contribution in [3.63, 3.8) is 0 Å². The number of para-hydroxylation sites is 1. The first-order valence-corrected chi connectivity index (χ1v) is 6.36. The Balaban J connectivity index is 2.03. The number of nitro groups is 1. The minimum absolute atomic E-state index is 0.0798. The summed E-state index contributed by atoms with van der Waals surface area (Å²) in [7, 11) is 0. The summed E-state index contributed by atoms with van der Waals surface area (Å²) >= 11 is 5.82. The lowest BCUT2D eigenvalue weighted by Gasteiger charge is -1.96. The number of benzene rings is 2. The smallest absolute Gasteiger partial charge is 0.282 e. The van der Waals surface area contributed by atoms with Crippen LogP contribution in [0.4, 0.5) is 5.69 Å². The summed E-state index contributed by atoms with van der Waals surface area (Å²) < 4.78 is 5.13. The minimum atomic E-state index is -0.485. The summed E-state index contributed by atoms with van der Waals surface area (Å²) in [5.74, 6) is 0.451. The zero-order valence-electron chi connectivity index (χ0n) is 10.6. The van der Waals surface area contributed by atoms with Crippen molar-refractivity contribution in [2.45, 2.75) is 0 Å². The van der Waals surface area contributed by atoms with Crippen LogP contribution in [0.2, 0.25) is 5.02 Å². The van der Waals surface area contributed by atoms with E-state index in [-0.39, 0.29) is 17.1 Å². The maximum Gasteiger partial charge on any atom is 0.282 e. The van der Waals surface area contributed by atoms with Crippen molar-refractivity contribution in [2.24, 2.45) is 0 Å². The average molecular weight is 302 g/mol. The Hall–Kier alpha value is -2.73. The number of nitro benzene ring substituents is 1. The van der Waals surface area contributed by atoms with Crippen molar-refractivity contribution in [3.05, 3.63) is 63.7 Å². The predicted octanol–water partition coefficient (Wildman–Crippen LogP) is 3.97. The van der Waals surface area contributed by atoms with Crippen molar-refractivity contribution < 1.29 is 9.45 Å². The van der Waals surface area contributed by atoms with E-state index in [0.717, 1.165) is 0 Å². The fourth-order valence-corrected chi connectivity index (χ4v) is 1.99. The Labute approximate surface area is 124 Å². The Bertz CT molecular complexity index is 799. The van der Waals surface area contributed by atoms with Gasteiger partial charge in [0.25, 0.3) is 11.6 Å². The van der Waals surface area contributed by atoms with Crippen LogP contribution in [0.1, 0.15) is 0 Å². The molecular formula is C14H8ClN3O3. The van der Waals surface area contributed by atoms with Crippen molar-refractivity contribution in [1.82, 2.24) is 10.1 Å². The van der Waals surface area contributed by atoms with E-state index in [1.54, 1.807) is 42.5 Å². The van der Waals surface area contributed by atoms with Crippen molar-refractivity contribution >= 4 is 17.3 Å². The molecule has 0 bridgehead atoms. The van der Waals surface area contributed by atoms with E-state index in [0.29, 0.717) is 16.4 Å². The lowest BCUT2D eigenvalue weighted by molar-refractivity contribution is -0.384. The molecule has 2 aromatic carbocycles. The Kier molecular flexibility index (Phi) is 3.37. The van der Waals surface area contributed by atoms with Crippen LogP contribution in [0.25, 0.3) is 22.8 Å². The van der Waals surface area contributed by atoms with E-state index in [9.17, 15) is 10.1 Å². The molecule has 0 saturated carbocycles. The van der Waals surface area contributed by atoms with Crippen LogP contribution in [0.15, 0.2) is 53.1 Å². The molecule has 7 heteroatoms. The Morgan fingerprint density at radius 3 is 2.52 bits per heavy atom. The molecule has 6 nitrogen and oxygen atoms in total. The number of halogens is 1. The monoisotopic (exact) mass is 301 g/mol. The van der Waals surface area contributed by atoms with E-state index in [4.69, 9.17) is 16.1 Å². The first-order valence-electron chi connectivity index (χ1n) is 5.98. The number of nitrogens with zero attached hydrogens (tertiary/aromatic N) is 3. The number of hydrogen-bond acceptors (Lipinski definition) is 5. The molecule has 104 valence electrons. The third-order valence-corrected chi connectivity index (χ3v) is 3.11. The van der Waals surface area contributed by atoms with E-state index in [2.05, 4.69) is 10.1 Å². The van der Waals surface area contributed by atoms with Gasteiger partial charge in [0.1, 0.15) is 5.56 Å². The van der Waals surface area contributed by atoms with Gasteiger partial charge in [0.2, 0.25) is 5.82 Å². The Morgan fingerprint density at radius 1 is 1.10 bits per heavy atom. The standard InChI is InChI=1S/C14H8ClN3O3/c15-10-7-5-9(6-8-10)13-16-14(21-17-13)11-3-1-2-4-12(11)18(19)20/h1-8H. The van der Waals surface area contributed by atoms with Crippen LogP contribution in [-0.4, -0.2) is 15.1 Å². The molecule has 0 N–H and O–H groups in total. The van der Waals surface area contributed by atoms with Gasteiger partial charge in [-0.15, -0.1) is 0 Å². The van der Waals surface area contributed by atoms with Gasteiger partial charge in [-0.3, -0.25) is 10.1 Å². The third-order valence-electron chi connectivity index (χ3n) is 2.86. The molecule has 0 aliphatic rings. The first kappa shape index (κ1) is 13.3. The minimum Gasteiger partial charge on any atom is -0.333 e. The molecule has 21 heavy (non-hydrogen) atoms. The van der Waals surface area contributed by atoms with Crippen LogP contribution in [0.5, 0.6) is 0 Å². The van der Waals surface area contributed by atoms with Crippen LogP contribution in [0, 0.1) is 10.1 Å². The second-order valence-electron chi connectivity index (χ2n) is 4.20. The maximum atomic E-state index is 11.0. The van der Waals surface area contributed by atoms with Crippen molar-refractivity contribution in [1.29, 1.82) is 0 Å². The molecule has 0 fully saturated rings. The van der Waals surface area contributed by atoms with Crippen molar-refractivity contribution in [3.8, 4) is 22.8 Å². The van der Waals surface area contributed by atoms with Crippen LogP contribution >= 0.6 is 11.6 Å². The second kappa shape index (κ2) is 5.34. The highest BCUT2D eigenvalue weighted by Gasteiger charge is 2.20. The molecule has 1 heterocycles. The molecule has 0 spiro atoms. The molecule has 0 aliphatic heterocycles. The average Bonchev–Trinajstić information content (AvgIpc) is 2.97. The number of rotatable bonds is 3. The zero-order valence-corrected chi connectivity index (χ0v) is 11.3. The van der Waals surface area contributed by atoms with Gasteiger partial charge < -0.3 is 4.52 Å². The number of aromatic nitrogens is 2.